The fourth-order valence-electron chi connectivity index (χ4n) is 7.56. The lowest BCUT2D eigenvalue weighted by atomic mass is 9.83. The Morgan fingerprint density at radius 3 is 2.15 bits per heavy atom. The Morgan fingerprint density at radius 2 is 1.53 bits per heavy atom. The molecule has 1 aromatic rings. The maximum Gasteiger partial charge on any atom is 0.407 e. The molecule has 19 nitrogen and oxygen atoms in total. The summed E-state index contributed by atoms with van der Waals surface area (Å²) in [4.78, 5) is 58.9. The number of aliphatic hydroxyl groups excluding tert-OH is 2. The van der Waals surface area contributed by atoms with Crippen molar-refractivity contribution in [2.75, 3.05) is 26.7 Å². The smallest absolute Gasteiger partial charge is 0.407 e. The van der Waals surface area contributed by atoms with Crippen LogP contribution in [-0.4, -0.2) is 143 Å². The molecular weight excluding hydrogens is 786 g/mol. The number of hydrogen-bond donors (Lipinski definition) is 7. The van der Waals surface area contributed by atoms with Crippen LogP contribution in [0.25, 0.3) is 0 Å². The van der Waals surface area contributed by atoms with Gasteiger partial charge in [-0.2, -0.15) is 5.06 Å². The average Bonchev–Trinajstić information content (AvgIpc) is 3.81. The van der Waals surface area contributed by atoms with Gasteiger partial charge in [0.1, 0.15) is 41.2 Å². The summed E-state index contributed by atoms with van der Waals surface area (Å²) in [5.41, 5.74) is -4.09. The highest BCUT2D eigenvalue weighted by atomic mass is 16.7. The van der Waals surface area contributed by atoms with Crippen LogP contribution in [0.5, 0.6) is 0 Å². The second-order valence-electron chi connectivity index (χ2n) is 17.8. The third-order valence-corrected chi connectivity index (χ3v) is 10.7. The van der Waals surface area contributed by atoms with Gasteiger partial charge in [-0.15, -0.1) is 0 Å². The van der Waals surface area contributed by atoms with Gasteiger partial charge in [0.2, 0.25) is 6.29 Å². The summed E-state index contributed by atoms with van der Waals surface area (Å²) in [5.74, 6) is -0.356. The summed E-state index contributed by atoms with van der Waals surface area (Å²) in [6, 6.07) is 4.70. The molecule has 4 aliphatic rings. The van der Waals surface area contributed by atoms with Crippen LogP contribution in [0.3, 0.4) is 0 Å². The fraction of sp³-hybridized carbons (Fsp3) is 0.707. The van der Waals surface area contributed by atoms with E-state index in [1.165, 1.54) is 12.1 Å². The minimum absolute atomic E-state index is 0.133. The van der Waals surface area contributed by atoms with Crippen LogP contribution in [0, 0.1) is 5.92 Å². The number of benzene rings is 1. The number of carbonyl (C=O) groups excluding carboxylic acids is 4. The summed E-state index contributed by atoms with van der Waals surface area (Å²) in [6.45, 7) is 13.2. The van der Waals surface area contributed by atoms with E-state index in [0.717, 1.165) is 0 Å². The number of nitrogens with one attached hydrogen (secondary N) is 4. The van der Waals surface area contributed by atoms with Crippen LogP contribution in [0.2, 0.25) is 0 Å². The molecule has 2 aliphatic carbocycles. The van der Waals surface area contributed by atoms with E-state index in [2.05, 4.69) is 21.3 Å². The maximum atomic E-state index is 14.3. The van der Waals surface area contributed by atoms with Crippen LogP contribution in [0.4, 0.5) is 14.4 Å². The van der Waals surface area contributed by atoms with E-state index in [-0.39, 0.29) is 44.0 Å². The van der Waals surface area contributed by atoms with Crippen molar-refractivity contribution >= 4 is 24.2 Å². The molecule has 2 aliphatic heterocycles. The number of hydrogen-bond acceptors (Lipinski definition) is 15. The van der Waals surface area contributed by atoms with Gasteiger partial charge in [0.25, 0.3) is 0 Å². The molecule has 336 valence electrons. The van der Waals surface area contributed by atoms with Crippen molar-refractivity contribution in [1.82, 2.24) is 26.3 Å². The van der Waals surface area contributed by atoms with Gasteiger partial charge in [0.05, 0.1) is 42.1 Å². The predicted molar refractivity (Wildman–Crippen MR) is 213 cm³/mol. The molecule has 2 heterocycles. The summed E-state index contributed by atoms with van der Waals surface area (Å²) in [5, 5.41) is 46.6. The number of urea groups is 1. The monoisotopic (exact) mass is 849 g/mol. The van der Waals surface area contributed by atoms with Crippen molar-refractivity contribution in [3.05, 3.63) is 47.7 Å². The molecule has 1 aromatic carbocycles. The second-order valence-corrected chi connectivity index (χ2v) is 17.8. The van der Waals surface area contributed by atoms with Crippen LogP contribution in [-0.2, 0) is 33.3 Å². The molecule has 5 rings (SSSR count). The molecule has 3 fully saturated rings. The minimum atomic E-state index is -1.65. The normalized spacial score (nSPS) is 32.5. The highest BCUT2D eigenvalue weighted by molar-refractivity contribution is 5.90. The number of ether oxygens (including phenoxy) is 6. The van der Waals surface area contributed by atoms with Crippen molar-refractivity contribution < 1.29 is 67.8 Å². The van der Waals surface area contributed by atoms with Gasteiger partial charge in [-0.3, -0.25) is 0 Å². The number of allylic oxidation sites excluding steroid dienone is 2. The third-order valence-electron chi connectivity index (χ3n) is 10.7. The predicted octanol–water partition coefficient (Wildman–Crippen LogP) is 2.58. The number of amides is 4. The fourth-order valence-corrected chi connectivity index (χ4v) is 7.56. The number of likely N-dealkylation sites (N-methyl/N-ethyl adjacent to an activating group) is 1. The molecule has 0 radical (unpaired) electrons. The van der Waals surface area contributed by atoms with E-state index in [1.54, 1.807) is 66.8 Å². The van der Waals surface area contributed by atoms with E-state index in [0.29, 0.717) is 23.7 Å². The van der Waals surface area contributed by atoms with Gasteiger partial charge >= 0.3 is 24.2 Å². The first-order valence-electron chi connectivity index (χ1n) is 20.5. The topological polar surface area (TPSA) is 245 Å². The van der Waals surface area contributed by atoms with Crippen molar-refractivity contribution in [3.63, 3.8) is 0 Å². The third kappa shape index (κ3) is 11.4. The zero-order chi connectivity index (χ0) is 44.2. The summed E-state index contributed by atoms with van der Waals surface area (Å²) in [7, 11) is 1.59. The molecule has 19 heteroatoms. The Bertz CT molecular complexity index is 1700. The van der Waals surface area contributed by atoms with Crippen molar-refractivity contribution in [2.45, 2.75) is 152 Å². The molecule has 7 N–H and O–H groups in total. The van der Waals surface area contributed by atoms with Crippen LogP contribution < -0.4 is 21.3 Å². The highest BCUT2D eigenvalue weighted by Gasteiger charge is 2.74. The average molecular weight is 850 g/mol. The Morgan fingerprint density at radius 1 is 0.917 bits per heavy atom. The van der Waals surface area contributed by atoms with E-state index >= 15 is 0 Å². The molecule has 60 heavy (non-hydrogen) atoms. The standard InChI is InChI=1S/C41H63N5O14/c1-10-25-17-16-23(2)33(55-25)56-30-27(45-37(52)59-39(6,7)8)20-26(29(28(30)47)57-34-31(48)41(42-9)21-40(41,53)22-54-34)44-35(50)46(19-18-43-36(51)58-38(3,4)5)60-32(49)24-14-12-11-13-15-24/h11-15,17,23,26-31,33-34,42,47-48,53H,10,16,18-22H2,1-9H3,(H,43,51)(H,44,50)(H,45,52). The summed E-state index contributed by atoms with van der Waals surface area (Å²) < 4.78 is 35.8. The van der Waals surface area contributed by atoms with Crippen molar-refractivity contribution in [1.29, 1.82) is 0 Å². The molecule has 0 aromatic heterocycles. The van der Waals surface area contributed by atoms with Gasteiger partial charge in [-0.25, -0.2) is 19.2 Å². The van der Waals surface area contributed by atoms with Gasteiger partial charge < -0.3 is 69.8 Å². The molecular formula is C41H63N5O14. The molecule has 0 bridgehead atoms. The molecule has 4 amide bonds. The number of alkyl carbamates (subject to hydrolysis) is 2. The van der Waals surface area contributed by atoms with E-state index in [1.807, 2.05) is 19.9 Å². The van der Waals surface area contributed by atoms with Gasteiger partial charge in [-0.05, 0) is 79.6 Å². The summed E-state index contributed by atoms with van der Waals surface area (Å²) in [6.07, 6.45) is -6.40. The number of hydroxylamine groups is 2. The highest BCUT2D eigenvalue weighted by Crippen LogP contribution is 2.54. The van der Waals surface area contributed by atoms with Crippen LogP contribution in [0.1, 0.15) is 91.4 Å². The lowest BCUT2D eigenvalue weighted by molar-refractivity contribution is -0.294. The van der Waals surface area contributed by atoms with E-state index in [9.17, 15) is 34.5 Å². The van der Waals surface area contributed by atoms with E-state index < -0.39 is 95.6 Å². The maximum absolute atomic E-state index is 14.3. The molecule has 11 atom stereocenters. The zero-order valence-electron chi connectivity index (χ0n) is 35.9. The lowest BCUT2D eigenvalue weighted by Crippen LogP contribution is -2.69. The van der Waals surface area contributed by atoms with Crippen molar-refractivity contribution in [2.24, 2.45) is 5.92 Å². The Balaban J connectivity index is 1.46. The Labute approximate surface area is 350 Å². The Kier molecular flexibility index (Phi) is 14.7. The number of rotatable bonds is 12. The quantitative estimate of drug-likeness (QED) is 0.150. The second kappa shape index (κ2) is 18.8. The molecule has 2 saturated carbocycles. The van der Waals surface area contributed by atoms with Gasteiger partial charge in [0.15, 0.2) is 6.29 Å². The molecule has 11 unspecified atom stereocenters. The van der Waals surface area contributed by atoms with Gasteiger partial charge in [0, 0.05) is 25.3 Å². The van der Waals surface area contributed by atoms with E-state index in [4.69, 9.17) is 33.3 Å². The first-order chi connectivity index (χ1) is 28.1. The zero-order valence-corrected chi connectivity index (χ0v) is 35.9. The first-order valence-corrected chi connectivity index (χ1v) is 20.5. The van der Waals surface area contributed by atoms with Crippen molar-refractivity contribution in [3.8, 4) is 0 Å². The largest absolute Gasteiger partial charge is 0.469 e. The Hall–Kier alpha value is -4.24. The lowest BCUT2D eigenvalue weighted by Gasteiger charge is -2.48. The minimum Gasteiger partial charge on any atom is -0.469 e. The van der Waals surface area contributed by atoms with Gasteiger partial charge in [-0.1, -0.05) is 32.0 Å². The molecule has 0 spiro atoms. The number of carbonyl (C=O) groups is 4. The summed E-state index contributed by atoms with van der Waals surface area (Å²) >= 11 is 0. The SMILES string of the molecule is CCC1=CCC(C)C(OC2C(NC(=O)OC(C)(C)C)CC(NC(=O)N(CCNC(=O)OC(C)(C)C)OC(=O)c3ccccc3)C(OC3OCC4(O)CC4(NC)C3O)C2O)O1. The van der Waals surface area contributed by atoms with Crippen LogP contribution >= 0.6 is 0 Å². The number of aliphatic hydroxyl groups is 3. The first kappa shape index (κ1) is 46.8. The van der Waals surface area contributed by atoms with Crippen LogP contribution in [0.15, 0.2) is 42.2 Å². The number of nitrogens with zero attached hydrogens (tertiary/aromatic N) is 1. The number of fused-ring (bicyclic) bond motifs is 1. The molecule has 1 saturated heterocycles.